The van der Waals surface area contributed by atoms with Gasteiger partial charge in [-0.3, -0.25) is 9.59 Å². The van der Waals surface area contributed by atoms with Gasteiger partial charge in [0.05, 0.1) is 13.2 Å². The highest BCUT2D eigenvalue weighted by Crippen LogP contribution is 2.15. The first-order valence-electron chi connectivity index (χ1n) is 7.77. The largest absolute Gasteiger partial charge is 0.399 e. The summed E-state index contributed by atoms with van der Waals surface area (Å²) in [6.07, 6.45) is 0. The lowest BCUT2D eigenvalue weighted by Gasteiger charge is -2.27. The van der Waals surface area contributed by atoms with Gasteiger partial charge in [-0.1, -0.05) is 12.1 Å². The Bertz CT molecular complexity index is 755. The molecular weight excluding hydrogens is 306 g/mol. The molecule has 0 atom stereocenters. The van der Waals surface area contributed by atoms with Crippen molar-refractivity contribution in [2.75, 3.05) is 37.4 Å². The first kappa shape index (κ1) is 16.0. The normalized spacial score (nSPS) is 14.2. The molecule has 0 unspecified atom stereocenters. The summed E-state index contributed by atoms with van der Waals surface area (Å²) < 4.78 is 5.26. The lowest BCUT2D eigenvalue weighted by Crippen LogP contribution is -2.40. The average Bonchev–Trinajstić information content (AvgIpc) is 2.62. The fourth-order valence-corrected chi connectivity index (χ4v) is 2.56. The molecule has 0 saturated carbocycles. The van der Waals surface area contributed by atoms with Gasteiger partial charge >= 0.3 is 0 Å². The molecule has 1 aliphatic rings. The third-order valence-corrected chi connectivity index (χ3v) is 3.81. The maximum Gasteiger partial charge on any atom is 0.255 e. The number of hydrogen-bond donors (Lipinski definition) is 2. The zero-order valence-electron chi connectivity index (χ0n) is 13.2. The smallest absolute Gasteiger partial charge is 0.255 e. The molecule has 2 aromatic rings. The van der Waals surface area contributed by atoms with Crippen LogP contribution in [0.25, 0.3) is 0 Å². The number of nitrogens with zero attached hydrogens (tertiary/aromatic N) is 1. The van der Waals surface area contributed by atoms with E-state index in [4.69, 9.17) is 10.5 Å². The van der Waals surface area contributed by atoms with Crippen LogP contribution in [0.3, 0.4) is 0 Å². The van der Waals surface area contributed by atoms with Crippen LogP contribution in [0, 0.1) is 0 Å². The fourth-order valence-electron chi connectivity index (χ4n) is 2.56. The summed E-state index contributed by atoms with van der Waals surface area (Å²) in [5.41, 5.74) is 7.81. The van der Waals surface area contributed by atoms with Gasteiger partial charge in [0.1, 0.15) is 0 Å². The number of hydrogen-bond acceptors (Lipinski definition) is 4. The highest BCUT2D eigenvalue weighted by Gasteiger charge is 2.18. The maximum atomic E-state index is 12.5. The van der Waals surface area contributed by atoms with Crippen LogP contribution in [0.15, 0.2) is 48.5 Å². The first-order valence-corrected chi connectivity index (χ1v) is 7.77. The van der Waals surface area contributed by atoms with Crippen molar-refractivity contribution in [3.63, 3.8) is 0 Å². The van der Waals surface area contributed by atoms with Crippen LogP contribution in [0.1, 0.15) is 20.7 Å². The summed E-state index contributed by atoms with van der Waals surface area (Å²) in [4.78, 5) is 26.5. The molecule has 24 heavy (non-hydrogen) atoms. The van der Waals surface area contributed by atoms with E-state index in [2.05, 4.69) is 5.32 Å². The van der Waals surface area contributed by atoms with Gasteiger partial charge in [-0.15, -0.1) is 0 Å². The predicted octanol–water partition coefficient (Wildman–Crippen LogP) is 1.99. The molecule has 0 aliphatic carbocycles. The van der Waals surface area contributed by atoms with Crippen LogP contribution in [0.2, 0.25) is 0 Å². The Hall–Kier alpha value is -2.86. The minimum Gasteiger partial charge on any atom is -0.399 e. The number of nitrogens with one attached hydrogen (secondary N) is 1. The lowest BCUT2D eigenvalue weighted by atomic mass is 10.1. The second-order valence-electron chi connectivity index (χ2n) is 5.56. The Morgan fingerprint density at radius 2 is 1.71 bits per heavy atom. The summed E-state index contributed by atoms with van der Waals surface area (Å²) in [5.74, 6) is -0.323. The van der Waals surface area contributed by atoms with E-state index >= 15 is 0 Å². The highest BCUT2D eigenvalue weighted by atomic mass is 16.5. The third kappa shape index (κ3) is 3.72. The van der Waals surface area contributed by atoms with E-state index in [9.17, 15) is 9.59 Å². The summed E-state index contributed by atoms with van der Waals surface area (Å²) in [7, 11) is 0. The zero-order valence-corrected chi connectivity index (χ0v) is 13.2. The topological polar surface area (TPSA) is 84.7 Å². The van der Waals surface area contributed by atoms with Gasteiger partial charge in [0.15, 0.2) is 0 Å². The van der Waals surface area contributed by atoms with Gasteiger partial charge in [0.2, 0.25) is 0 Å². The Morgan fingerprint density at radius 3 is 2.46 bits per heavy atom. The van der Waals surface area contributed by atoms with Crippen LogP contribution < -0.4 is 11.1 Å². The van der Waals surface area contributed by atoms with E-state index in [0.29, 0.717) is 48.8 Å². The molecular formula is C18H19N3O3. The van der Waals surface area contributed by atoms with E-state index in [1.165, 1.54) is 0 Å². The molecule has 3 rings (SSSR count). The first-order chi connectivity index (χ1) is 11.6. The molecule has 0 aromatic heterocycles. The van der Waals surface area contributed by atoms with Crippen molar-refractivity contribution >= 4 is 23.2 Å². The molecule has 6 heteroatoms. The molecule has 6 nitrogen and oxygen atoms in total. The van der Waals surface area contributed by atoms with Gasteiger partial charge in [0.25, 0.3) is 11.8 Å². The van der Waals surface area contributed by atoms with Crippen molar-refractivity contribution in [1.29, 1.82) is 0 Å². The van der Waals surface area contributed by atoms with E-state index in [-0.39, 0.29) is 11.8 Å². The molecule has 2 aromatic carbocycles. The predicted molar refractivity (Wildman–Crippen MR) is 92.0 cm³/mol. The minimum absolute atomic E-state index is 0.0571. The SMILES string of the molecule is Nc1cccc(C(=O)Nc2cccc(C(=O)N3CCOCC3)c2)c1. The van der Waals surface area contributed by atoms with Crippen molar-refractivity contribution in [2.24, 2.45) is 0 Å². The van der Waals surface area contributed by atoms with E-state index < -0.39 is 0 Å². The molecule has 124 valence electrons. The molecule has 0 spiro atoms. The number of carbonyl (C=O) groups is 2. The molecule has 0 radical (unpaired) electrons. The number of benzene rings is 2. The molecule has 1 heterocycles. The Kier molecular flexibility index (Phi) is 4.77. The van der Waals surface area contributed by atoms with Crippen molar-refractivity contribution in [3.05, 3.63) is 59.7 Å². The Balaban J connectivity index is 1.73. The summed E-state index contributed by atoms with van der Waals surface area (Å²) >= 11 is 0. The zero-order chi connectivity index (χ0) is 16.9. The number of rotatable bonds is 3. The Labute approximate surface area is 140 Å². The number of ether oxygens (including phenoxy) is 1. The van der Waals surface area contributed by atoms with Crippen molar-refractivity contribution in [3.8, 4) is 0 Å². The third-order valence-electron chi connectivity index (χ3n) is 3.81. The molecule has 1 fully saturated rings. The summed E-state index contributed by atoms with van der Waals surface area (Å²) in [5, 5.41) is 2.79. The van der Waals surface area contributed by atoms with Crippen molar-refractivity contribution in [1.82, 2.24) is 4.90 Å². The quantitative estimate of drug-likeness (QED) is 0.845. The van der Waals surface area contributed by atoms with Crippen molar-refractivity contribution in [2.45, 2.75) is 0 Å². The van der Waals surface area contributed by atoms with Gasteiger partial charge < -0.3 is 20.7 Å². The van der Waals surface area contributed by atoms with E-state index in [0.717, 1.165) is 0 Å². The maximum absolute atomic E-state index is 12.5. The van der Waals surface area contributed by atoms with Gasteiger partial charge in [-0.05, 0) is 36.4 Å². The van der Waals surface area contributed by atoms with Crippen LogP contribution in [-0.2, 0) is 4.74 Å². The van der Waals surface area contributed by atoms with Crippen LogP contribution in [-0.4, -0.2) is 43.0 Å². The second kappa shape index (κ2) is 7.14. The number of morpholine rings is 1. The molecule has 1 aliphatic heterocycles. The summed E-state index contributed by atoms with van der Waals surface area (Å²) in [6, 6.07) is 13.7. The Morgan fingerprint density at radius 1 is 1.00 bits per heavy atom. The lowest BCUT2D eigenvalue weighted by molar-refractivity contribution is 0.0303. The number of carbonyl (C=O) groups excluding carboxylic acids is 2. The minimum atomic E-state index is -0.265. The van der Waals surface area contributed by atoms with Crippen molar-refractivity contribution < 1.29 is 14.3 Å². The number of nitrogens with two attached hydrogens (primary N) is 1. The standard InChI is InChI=1S/C18H19N3O3/c19-15-5-1-3-13(11-15)17(22)20-16-6-2-4-14(12-16)18(23)21-7-9-24-10-8-21/h1-6,11-12H,7-10,19H2,(H,20,22). The van der Waals surface area contributed by atoms with Crippen LogP contribution >= 0.6 is 0 Å². The monoisotopic (exact) mass is 325 g/mol. The molecule has 3 N–H and O–H groups in total. The highest BCUT2D eigenvalue weighted by molar-refractivity contribution is 6.05. The van der Waals surface area contributed by atoms with Gasteiger partial charge in [0, 0.05) is 35.6 Å². The summed E-state index contributed by atoms with van der Waals surface area (Å²) in [6.45, 7) is 2.27. The van der Waals surface area contributed by atoms with E-state index in [1.54, 1.807) is 53.4 Å². The van der Waals surface area contributed by atoms with Crippen LogP contribution in [0.5, 0.6) is 0 Å². The van der Waals surface area contributed by atoms with Crippen LogP contribution in [0.4, 0.5) is 11.4 Å². The van der Waals surface area contributed by atoms with E-state index in [1.807, 2.05) is 0 Å². The van der Waals surface area contributed by atoms with Gasteiger partial charge in [-0.25, -0.2) is 0 Å². The molecule has 1 saturated heterocycles. The number of amides is 2. The second-order valence-corrected chi connectivity index (χ2v) is 5.56. The number of nitrogen functional groups attached to an aromatic ring is 1. The number of anilines is 2. The fraction of sp³-hybridized carbons (Fsp3) is 0.222. The van der Waals surface area contributed by atoms with Gasteiger partial charge in [-0.2, -0.15) is 0 Å². The molecule has 2 amide bonds. The average molecular weight is 325 g/mol. The molecule has 0 bridgehead atoms.